The van der Waals surface area contributed by atoms with E-state index < -0.39 is 0 Å². The number of rotatable bonds is 7. The minimum absolute atomic E-state index is 0.447. The van der Waals surface area contributed by atoms with Crippen LogP contribution in [0.3, 0.4) is 0 Å². The largest absolute Gasteiger partial charge is 0.497 e. The van der Waals surface area contributed by atoms with Gasteiger partial charge in [0.15, 0.2) is 0 Å². The molecule has 6 nitrogen and oxygen atoms in total. The van der Waals surface area contributed by atoms with Crippen LogP contribution in [0.5, 0.6) is 5.75 Å². The first-order valence-corrected chi connectivity index (χ1v) is 9.27. The molecule has 0 amide bonds. The highest BCUT2D eigenvalue weighted by molar-refractivity contribution is 5.41. The van der Waals surface area contributed by atoms with Crippen LogP contribution in [0.15, 0.2) is 36.5 Å². The number of nitrogens with one attached hydrogen (secondary N) is 2. The van der Waals surface area contributed by atoms with Crippen LogP contribution in [0.2, 0.25) is 0 Å². The van der Waals surface area contributed by atoms with Crippen molar-refractivity contribution in [2.24, 2.45) is 0 Å². The summed E-state index contributed by atoms with van der Waals surface area (Å²) in [6.07, 6.45) is 6.40. The van der Waals surface area contributed by atoms with Crippen LogP contribution in [0.25, 0.3) is 0 Å². The Bertz CT molecular complexity index is 698. The van der Waals surface area contributed by atoms with Gasteiger partial charge in [-0.25, -0.2) is 4.98 Å². The third-order valence-corrected chi connectivity index (χ3v) is 4.89. The maximum absolute atomic E-state index is 5.29. The summed E-state index contributed by atoms with van der Waals surface area (Å²) in [5.74, 6) is 2.57. The van der Waals surface area contributed by atoms with Gasteiger partial charge in [-0.3, -0.25) is 0 Å². The molecule has 1 aliphatic rings. The number of methoxy groups -OCH3 is 1. The molecule has 0 bridgehead atoms. The Hall–Kier alpha value is -2.34. The monoisotopic (exact) mass is 355 g/mol. The molecule has 1 saturated carbocycles. The molecule has 0 saturated heterocycles. The molecule has 3 rings (SSSR count). The maximum Gasteiger partial charge on any atom is 0.224 e. The fourth-order valence-corrected chi connectivity index (χ4v) is 3.34. The Morgan fingerprint density at radius 3 is 2.62 bits per heavy atom. The van der Waals surface area contributed by atoms with Crippen molar-refractivity contribution in [2.75, 3.05) is 31.4 Å². The topological polar surface area (TPSA) is 62.3 Å². The Kier molecular flexibility index (Phi) is 6.28. The quantitative estimate of drug-likeness (QED) is 0.796. The second-order valence-electron chi connectivity index (χ2n) is 7.06. The van der Waals surface area contributed by atoms with Gasteiger partial charge in [0.25, 0.3) is 0 Å². The van der Waals surface area contributed by atoms with Gasteiger partial charge in [0.1, 0.15) is 11.6 Å². The zero-order valence-electron chi connectivity index (χ0n) is 15.9. The number of anilines is 2. The SMILES string of the molecule is COc1cccc(CN[C@H]2CC[C@@H](Nc3nccc(N(C)C)n3)CC2)c1. The zero-order valence-corrected chi connectivity index (χ0v) is 15.9. The summed E-state index contributed by atoms with van der Waals surface area (Å²) >= 11 is 0. The van der Waals surface area contributed by atoms with Crippen molar-refractivity contribution in [3.63, 3.8) is 0 Å². The summed E-state index contributed by atoms with van der Waals surface area (Å²) < 4.78 is 5.29. The Balaban J connectivity index is 1.44. The molecule has 0 aliphatic heterocycles. The van der Waals surface area contributed by atoms with Crippen LogP contribution in [0.4, 0.5) is 11.8 Å². The van der Waals surface area contributed by atoms with Gasteiger partial charge >= 0.3 is 0 Å². The molecule has 1 aromatic heterocycles. The number of hydrogen-bond acceptors (Lipinski definition) is 6. The normalized spacial score (nSPS) is 19.8. The second kappa shape index (κ2) is 8.85. The van der Waals surface area contributed by atoms with Crippen LogP contribution >= 0.6 is 0 Å². The van der Waals surface area contributed by atoms with E-state index in [0.717, 1.165) is 49.7 Å². The number of ether oxygens (including phenoxy) is 1. The lowest BCUT2D eigenvalue weighted by atomic mass is 9.91. The molecule has 6 heteroatoms. The van der Waals surface area contributed by atoms with E-state index in [9.17, 15) is 0 Å². The molecular formula is C20H29N5O. The first-order chi connectivity index (χ1) is 12.6. The van der Waals surface area contributed by atoms with Gasteiger partial charge < -0.3 is 20.3 Å². The van der Waals surface area contributed by atoms with Crippen molar-refractivity contribution in [3.8, 4) is 5.75 Å². The van der Waals surface area contributed by atoms with E-state index in [0.29, 0.717) is 12.1 Å². The number of aromatic nitrogens is 2. The maximum atomic E-state index is 5.29. The molecule has 0 spiro atoms. The van der Waals surface area contributed by atoms with Crippen molar-refractivity contribution >= 4 is 11.8 Å². The lowest BCUT2D eigenvalue weighted by Crippen LogP contribution is -2.36. The first kappa shape index (κ1) is 18.5. The van der Waals surface area contributed by atoms with Crippen LogP contribution in [0.1, 0.15) is 31.2 Å². The van der Waals surface area contributed by atoms with E-state index in [2.05, 4.69) is 32.7 Å². The smallest absolute Gasteiger partial charge is 0.224 e. The Morgan fingerprint density at radius 2 is 1.88 bits per heavy atom. The van der Waals surface area contributed by atoms with Gasteiger partial charge in [0, 0.05) is 38.9 Å². The molecule has 26 heavy (non-hydrogen) atoms. The summed E-state index contributed by atoms with van der Waals surface area (Å²) in [7, 11) is 5.69. The fourth-order valence-electron chi connectivity index (χ4n) is 3.34. The van der Waals surface area contributed by atoms with E-state index in [1.165, 1.54) is 5.56 Å². The predicted octanol–water partition coefficient (Wildman–Crippen LogP) is 3.06. The molecule has 0 unspecified atom stereocenters. The van der Waals surface area contributed by atoms with Crippen LogP contribution < -0.4 is 20.3 Å². The standard InChI is InChI=1S/C20H29N5O/c1-25(2)19-11-12-21-20(24-19)23-17-9-7-16(8-10-17)22-14-15-5-4-6-18(13-15)26-3/h4-6,11-13,16-17,22H,7-10,14H2,1-3H3,(H,21,23,24)/t16-,17+. The summed E-state index contributed by atoms with van der Waals surface area (Å²) in [5, 5.41) is 7.17. The number of nitrogens with zero attached hydrogens (tertiary/aromatic N) is 3. The van der Waals surface area contributed by atoms with Gasteiger partial charge in [-0.2, -0.15) is 4.98 Å². The molecule has 2 aromatic rings. The number of hydrogen-bond donors (Lipinski definition) is 2. The molecule has 1 heterocycles. The van der Waals surface area contributed by atoms with Gasteiger partial charge in [0.2, 0.25) is 5.95 Å². The summed E-state index contributed by atoms with van der Waals surface area (Å²) in [4.78, 5) is 10.9. The van der Waals surface area contributed by atoms with Crippen molar-refractivity contribution in [2.45, 2.75) is 44.3 Å². The van der Waals surface area contributed by atoms with Crippen molar-refractivity contribution in [1.82, 2.24) is 15.3 Å². The van der Waals surface area contributed by atoms with Gasteiger partial charge in [-0.05, 0) is 49.4 Å². The predicted molar refractivity (Wildman–Crippen MR) is 106 cm³/mol. The first-order valence-electron chi connectivity index (χ1n) is 9.27. The lowest BCUT2D eigenvalue weighted by Gasteiger charge is -2.30. The second-order valence-corrected chi connectivity index (χ2v) is 7.06. The molecular weight excluding hydrogens is 326 g/mol. The van der Waals surface area contributed by atoms with Crippen molar-refractivity contribution < 1.29 is 4.74 Å². The fraction of sp³-hybridized carbons (Fsp3) is 0.500. The summed E-state index contributed by atoms with van der Waals surface area (Å²) in [6, 6.07) is 11.2. The van der Waals surface area contributed by atoms with Crippen molar-refractivity contribution in [3.05, 3.63) is 42.1 Å². The van der Waals surface area contributed by atoms with Crippen LogP contribution in [0, 0.1) is 0 Å². The third kappa shape index (κ3) is 5.08. The minimum Gasteiger partial charge on any atom is -0.497 e. The highest BCUT2D eigenvalue weighted by Crippen LogP contribution is 2.22. The molecule has 1 fully saturated rings. The highest BCUT2D eigenvalue weighted by atomic mass is 16.5. The Labute approximate surface area is 156 Å². The summed E-state index contributed by atoms with van der Waals surface area (Å²) in [5.41, 5.74) is 1.26. The van der Waals surface area contributed by atoms with Crippen LogP contribution in [-0.4, -0.2) is 43.3 Å². The molecule has 140 valence electrons. The Morgan fingerprint density at radius 1 is 1.12 bits per heavy atom. The van der Waals surface area contributed by atoms with E-state index in [-0.39, 0.29) is 0 Å². The number of benzene rings is 1. The average molecular weight is 355 g/mol. The van der Waals surface area contributed by atoms with Crippen LogP contribution in [-0.2, 0) is 6.54 Å². The molecule has 1 aromatic carbocycles. The molecule has 2 N–H and O–H groups in total. The van der Waals surface area contributed by atoms with Gasteiger partial charge in [-0.15, -0.1) is 0 Å². The molecule has 1 aliphatic carbocycles. The third-order valence-electron chi connectivity index (χ3n) is 4.89. The van der Waals surface area contributed by atoms with Gasteiger partial charge in [-0.1, -0.05) is 12.1 Å². The van der Waals surface area contributed by atoms with Gasteiger partial charge in [0.05, 0.1) is 7.11 Å². The lowest BCUT2D eigenvalue weighted by molar-refractivity contribution is 0.351. The molecule has 0 atom stereocenters. The van der Waals surface area contributed by atoms with Crippen molar-refractivity contribution in [1.29, 1.82) is 0 Å². The van der Waals surface area contributed by atoms with E-state index in [4.69, 9.17) is 4.74 Å². The van der Waals surface area contributed by atoms with E-state index in [1.807, 2.05) is 43.4 Å². The molecule has 0 radical (unpaired) electrons. The van der Waals surface area contributed by atoms with E-state index in [1.54, 1.807) is 7.11 Å². The minimum atomic E-state index is 0.447. The van der Waals surface area contributed by atoms with E-state index >= 15 is 0 Å². The average Bonchev–Trinajstić information content (AvgIpc) is 2.68. The summed E-state index contributed by atoms with van der Waals surface area (Å²) in [6.45, 7) is 0.883. The zero-order chi connectivity index (χ0) is 18.4. The highest BCUT2D eigenvalue weighted by Gasteiger charge is 2.21.